The quantitative estimate of drug-likeness (QED) is 0.718. The van der Waals surface area contributed by atoms with Crippen LogP contribution in [0.3, 0.4) is 0 Å². The van der Waals surface area contributed by atoms with Gasteiger partial charge in [0.05, 0.1) is 10.9 Å². The fourth-order valence-electron chi connectivity index (χ4n) is 2.17. The summed E-state index contributed by atoms with van der Waals surface area (Å²) in [6.45, 7) is 0.0709. The van der Waals surface area contributed by atoms with Crippen molar-refractivity contribution in [3.8, 4) is 11.6 Å². The van der Waals surface area contributed by atoms with Crippen molar-refractivity contribution in [2.75, 3.05) is 12.3 Å². The van der Waals surface area contributed by atoms with Crippen LogP contribution >= 0.6 is 0 Å². The van der Waals surface area contributed by atoms with Crippen LogP contribution in [0, 0.1) is 0 Å². The minimum atomic E-state index is 0.0709. The second kappa shape index (κ2) is 5.76. The monoisotopic (exact) mass is 281 g/mol. The molecule has 5 heteroatoms. The number of fused-ring (bicyclic) bond motifs is 1. The maximum Gasteiger partial charge on any atom is 0.230 e. The van der Waals surface area contributed by atoms with Crippen molar-refractivity contribution in [1.82, 2.24) is 9.97 Å². The number of nitrogens with two attached hydrogens (primary N) is 1. The van der Waals surface area contributed by atoms with Crippen molar-refractivity contribution in [2.45, 2.75) is 6.42 Å². The Balaban J connectivity index is 2.02. The molecule has 1 heterocycles. The number of aromatic nitrogens is 2. The molecular formula is C16H15N3O2. The molecule has 21 heavy (non-hydrogen) atoms. The molecule has 106 valence electrons. The first-order valence-corrected chi connectivity index (χ1v) is 6.65. The van der Waals surface area contributed by atoms with E-state index in [2.05, 4.69) is 9.97 Å². The molecule has 1 aromatic heterocycles. The molecule has 0 spiro atoms. The molecule has 0 aliphatic rings. The second-order valence-electron chi connectivity index (χ2n) is 4.64. The zero-order chi connectivity index (χ0) is 14.7. The topological polar surface area (TPSA) is 81.3 Å². The fraction of sp³-hybridized carbons (Fsp3) is 0.125. The summed E-state index contributed by atoms with van der Waals surface area (Å²) in [6.07, 6.45) is 1.98. The van der Waals surface area contributed by atoms with Crippen LogP contribution in [0.1, 0.15) is 5.56 Å². The number of anilines is 1. The van der Waals surface area contributed by atoms with E-state index in [0.717, 1.165) is 16.5 Å². The number of ether oxygens (including phenoxy) is 1. The molecular weight excluding hydrogens is 266 g/mol. The predicted octanol–water partition coefficient (Wildman–Crippen LogP) is 2.54. The Morgan fingerprint density at radius 1 is 1.10 bits per heavy atom. The zero-order valence-electron chi connectivity index (χ0n) is 11.4. The first-order chi connectivity index (χ1) is 10.3. The van der Waals surface area contributed by atoms with E-state index in [1.54, 1.807) is 12.1 Å². The Hall–Kier alpha value is -2.66. The van der Waals surface area contributed by atoms with Crippen molar-refractivity contribution in [3.05, 3.63) is 54.4 Å². The van der Waals surface area contributed by atoms with Gasteiger partial charge in [0.2, 0.25) is 5.88 Å². The lowest BCUT2D eigenvalue weighted by Gasteiger charge is -2.11. The molecule has 0 fully saturated rings. The molecule has 0 atom stereocenters. The van der Waals surface area contributed by atoms with Gasteiger partial charge in [0, 0.05) is 12.3 Å². The van der Waals surface area contributed by atoms with Gasteiger partial charge in [0.1, 0.15) is 12.1 Å². The number of aliphatic hydroxyl groups is 1. The summed E-state index contributed by atoms with van der Waals surface area (Å²) >= 11 is 0. The molecule has 0 aliphatic heterocycles. The molecule has 0 amide bonds. The normalized spacial score (nSPS) is 10.7. The Labute approximate surface area is 122 Å². The lowest BCUT2D eigenvalue weighted by atomic mass is 10.1. The number of benzene rings is 2. The van der Waals surface area contributed by atoms with E-state index in [-0.39, 0.29) is 6.61 Å². The van der Waals surface area contributed by atoms with E-state index in [0.29, 0.717) is 23.7 Å². The molecule has 0 radical (unpaired) electrons. The first-order valence-electron chi connectivity index (χ1n) is 6.65. The van der Waals surface area contributed by atoms with Gasteiger partial charge in [0.15, 0.2) is 0 Å². The zero-order valence-corrected chi connectivity index (χ0v) is 11.4. The third kappa shape index (κ3) is 2.78. The predicted molar refractivity (Wildman–Crippen MR) is 81.3 cm³/mol. The van der Waals surface area contributed by atoms with Crippen molar-refractivity contribution in [3.63, 3.8) is 0 Å². The summed E-state index contributed by atoms with van der Waals surface area (Å²) in [4.78, 5) is 8.39. The molecule has 3 N–H and O–H groups in total. The SMILES string of the molecule is Nc1ccc2c(Oc3ccccc3CCO)ncnc2c1. The van der Waals surface area contributed by atoms with Crippen molar-refractivity contribution in [2.24, 2.45) is 0 Å². The molecule has 0 saturated carbocycles. The summed E-state index contributed by atoms with van der Waals surface area (Å²) in [5, 5.41) is 9.91. The third-order valence-electron chi connectivity index (χ3n) is 3.18. The highest BCUT2D eigenvalue weighted by Gasteiger charge is 2.09. The minimum absolute atomic E-state index is 0.0709. The van der Waals surface area contributed by atoms with E-state index in [1.165, 1.54) is 6.33 Å². The van der Waals surface area contributed by atoms with Crippen LogP contribution < -0.4 is 10.5 Å². The second-order valence-corrected chi connectivity index (χ2v) is 4.64. The van der Waals surface area contributed by atoms with E-state index in [9.17, 15) is 0 Å². The molecule has 3 aromatic rings. The van der Waals surface area contributed by atoms with Crippen LogP contribution in [0.25, 0.3) is 10.9 Å². The summed E-state index contributed by atoms with van der Waals surface area (Å²) in [6, 6.07) is 13.0. The highest BCUT2D eigenvalue weighted by molar-refractivity contribution is 5.86. The summed E-state index contributed by atoms with van der Waals surface area (Å²) in [5.74, 6) is 1.16. The fourth-order valence-corrected chi connectivity index (χ4v) is 2.17. The number of hydrogen-bond donors (Lipinski definition) is 2. The van der Waals surface area contributed by atoms with Gasteiger partial charge >= 0.3 is 0 Å². The van der Waals surface area contributed by atoms with Crippen molar-refractivity contribution < 1.29 is 9.84 Å². The summed E-state index contributed by atoms with van der Waals surface area (Å²) in [5.41, 5.74) is 8.08. The molecule has 5 nitrogen and oxygen atoms in total. The smallest absolute Gasteiger partial charge is 0.230 e. The Morgan fingerprint density at radius 3 is 2.81 bits per heavy atom. The summed E-state index contributed by atoms with van der Waals surface area (Å²) in [7, 11) is 0. The van der Waals surface area contributed by atoms with E-state index in [4.69, 9.17) is 15.6 Å². The van der Waals surface area contributed by atoms with Crippen molar-refractivity contribution >= 4 is 16.6 Å². The third-order valence-corrected chi connectivity index (χ3v) is 3.18. The van der Waals surface area contributed by atoms with Gasteiger partial charge in [0.25, 0.3) is 0 Å². The van der Waals surface area contributed by atoms with Crippen LogP contribution in [0.4, 0.5) is 5.69 Å². The Morgan fingerprint density at radius 2 is 1.95 bits per heavy atom. The van der Waals surface area contributed by atoms with E-state index in [1.807, 2.05) is 30.3 Å². The average molecular weight is 281 g/mol. The Bertz CT molecular complexity index is 774. The molecule has 2 aromatic carbocycles. The van der Waals surface area contributed by atoms with Crippen LogP contribution in [-0.4, -0.2) is 21.7 Å². The first kappa shape index (κ1) is 13.3. The van der Waals surface area contributed by atoms with Crippen LogP contribution in [0.2, 0.25) is 0 Å². The highest BCUT2D eigenvalue weighted by Crippen LogP contribution is 2.29. The van der Waals surface area contributed by atoms with Gasteiger partial charge in [-0.2, -0.15) is 0 Å². The molecule has 0 bridgehead atoms. The number of nitrogen functional groups attached to an aromatic ring is 1. The van der Waals surface area contributed by atoms with Crippen molar-refractivity contribution in [1.29, 1.82) is 0 Å². The molecule has 0 unspecified atom stereocenters. The van der Waals surface area contributed by atoms with Gasteiger partial charge in [-0.25, -0.2) is 9.97 Å². The molecule has 0 saturated heterocycles. The van der Waals surface area contributed by atoms with Gasteiger partial charge in [-0.05, 0) is 36.2 Å². The van der Waals surface area contributed by atoms with Crippen LogP contribution in [0.15, 0.2) is 48.8 Å². The van der Waals surface area contributed by atoms with Gasteiger partial charge in [-0.1, -0.05) is 18.2 Å². The number of para-hydroxylation sites is 1. The van der Waals surface area contributed by atoms with Crippen LogP contribution in [-0.2, 0) is 6.42 Å². The maximum absolute atomic E-state index is 9.12. The Kier molecular flexibility index (Phi) is 3.66. The molecule has 3 rings (SSSR count). The highest BCUT2D eigenvalue weighted by atomic mass is 16.5. The van der Waals surface area contributed by atoms with Crippen LogP contribution in [0.5, 0.6) is 11.6 Å². The van der Waals surface area contributed by atoms with Gasteiger partial charge in [-0.15, -0.1) is 0 Å². The lowest BCUT2D eigenvalue weighted by molar-refractivity contribution is 0.297. The number of hydrogen-bond acceptors (Lipinski definition) is 5. The maximum atomic E-state index is 9.12. The largest absolute Gasteiger partial charge is 0.438 e. The molecule has 0 aliphatic carbocycles. The standard InChI is InChI=1S/C16H15N3O2/c17-12-5-6-13-14(9-12)18-10-19-16(13)21-15-4-2-1-3-11(15)7-8-20/h1-6,9-10,20H,7-8,17H2. The van der Waals surface area contributed by atoms with Gasteiger partial charge in [-0.3, -0.25) is 0 Å². The average Bonchev–Trinajstić information content (AvgIpc) is 2.49. The van der Waals surface area contributed by atoms with Gasteiger partial charge < -0.3 is 15.6 Å². The summed E-state index contributed by atoms with van der Waals surface area (Å²) < 4.78 is 5.91. The van der Waals surface area contributed by atoms with E-state index >= 15 is 0 Å². The minimum Gasteiger partial charge on any atom is -0.438 e. The lowest BCUT2D eigenvalue weighted by Crippen LogP contribution is -1.97. The number of nitrogens with zero attached hydrogens (tertiary/aromatic N) is 2. The number of rotatable bonds is 4. The van der Waals surface area contributed by atoms with E-state index < -0.39 is 0 Å². The number of aliphatic hydroxyl groups excluding tert-OH is 1.